The van der Waals surface area contributed by atoms with E-state index in [1.165, 1.54) is 12.1 Å². The molecule has 0 amide bonds. The third kappa shape index (κ3) is 1.76. The molecular weight excluding hydrogens is 229 g/mol. The van der Waals surface area contributed by atoms with Crippen LogP contribution in [-0.4, -0.2) is 9.78 Å². The molecule has 0 aliphatic heterocycles. The molecule has 0 aliphatic carbocycles. The number of rotatable bonds is 2. The Morgan fingerprint density at radius 3 is 2.94 bits per heavy atom. The van der Waals surface area contributed by atoms with E-state index in [0.29, 0.717) is 17.8 Å². The van der Waals surface area contributed by atoms with Crippen molar-refractivity contribution in [3.63, 3.8) is 0 Å². The van der Waals surface area contributed by atoms with Crippen molar-refractivity contribution in [3.8, 4) is 11.3 Å². The van der Waals surface area contributed by atoms with Gasteiger partial charge in [0.25, 0.3) is 0 Å². The highest BCUT2D eigenvalue weighted by Gasteiger charge is 2.12. The van der Waals surface area contributed by atoms with Crippen LogP contribution < -0.4 is 5.73 Å². The van der Waals surface area contributed by atoms with Gasteiger partial charge in [-0.15, -0.1) is 0 Å². The number of nitrogens with two attached hydrogens (primary N) is 1. The van der Waals surface area contributed by atoms with Gasteiger partial charge >= 0.3 is 0 Å². The number of benzene rings is 1. The fourth-order valence-electron chi connectivity index (χ4n) is 1.61. The van der Waals surface area contributed by atoms with E-state index >= 15 is 0 Å². The van der Waals surface area contributed by atoms with E-state index in [2.05, 4.69) is 5.10 Å². The molecule has 0 atom stereocenters. The number of hydrogen-bond donors (Lipinski definition) is 1. The van der Waals surface area contributed by atoms with Gasteiger partial charge in [0, 0.05) is 18.3 Å². The van der Waals surface area contributed by atoms with Crippen molar-refractivity contribution in [1.82, 2.24) is 9.78 Å². The molecule has 0 radical (unpaired) electrons. The smallest absolute Gasteiger partial charge is 0.125 e. The Morgan fingerprint density at radius 2 is 2.25 bits per heavy atom. The molecule has 0 spiro atoms. The molecule has 84 valence electrons. The quantitative estimate of drug-likeness (QED) is 0.819. The summed E-state index contributed by atoms with van der Waals surface area (Å²) in [7, 11) is 0. The summed E-state index contributed by atoms with van der Waals surface area (Å²) in [4.78, 5) is 0. The molecular formula is C11H11ClFN3. The number of nitrogen functional groups attached to an aromatic ring is 1. The SMILES string of the molecule is CCn1nccc1-c1cc(F)cc(Cl)c1N. The number of halogens is 2. The van der Waals surface area contributed by atoms with Crippen LogP contribution in [0.2, 0.25) is 5.02 Å². The second-order valence-electron chi connectivity index (χ2n) is 3.38. The van der Waals surface area contributed by atoms with Crippen LogP contribution in [0.1, 0.15) is 6.92 Å². The van der Waals surface area contributed by atoms with E-state index in [1.807, 2.05) is 6.92 Å². The largest absolute Gasteiger partial charge is 0.397 e. The number of nitrogens with zero attached hydrogens (tertiary/aromatic N) is 2. The van der Waals surface area contributed by atoms with Gasteiger partial charge in [-0.25, -0.2) is 4.39 Å². The molecule has 2 aromatic rings. The highest BCUT2D eigenvalue weighted by atomic mass is 35.5. The number of aryl methyl sites for hydroxylation is 1. The van der Waals surface area contributed by atoms with Gasteiger partial charge in [0.05, 0.1) is 16.4 Å². The van der Waals surface area contributed by atoms with E-state index in [-0.39, 0.29) is 5.02 Å². The van der Waals surface area contributed by atoms with Crippen molar-refractivity contribution in [1.29, 1.82) is 0 Å². The lowest BCUT2D eigenvalue weighted by atomic mass is 10.1. The zero-order chi connectivity index (χ0) is 11.7. The van der Waals surface area contributed by atoms with Crippen molar-refractivity contribution < 1.29 is 4.39 Å². The molecule has 0 aliphatic rings. The molecule has 16 heavy (non-hydrogen) atoms. The van der Waals surface area contributed by atoms with Gasteiger partial charge < -0.3 is 5.73 Å². The maximum atomic E-state index is 13.3. The van der Waals surface area contributed by atoms with Crippen molar-refractivity contribution in [2.75, 3.05) is 5.73 Å². The molecule has 1 heterocycles. The zero-order valence-corrected chi connectivity index (χ0v) is 9.50. The van der Waals surface area contributed by atoms with Crippen LogP contribution in [0, 0.1) is 5.82 Å². The first-order valence-corrected chi connectivity index (χ1v) is 5.28. The number of hydrogen-bond acceptors (Lipinski definition) is 2. The minimum Gasteiger partial charge on any atom is -0.397 e. The molecule has 3 nitrogen and oxygen atoms in total. The van der Waals surface area contributed by atoms with E-state index in [0.717, 1.165) is 5.69 Å². The van der Waals surface area contributed by atoms with Crippen molar-refractivity contribution in [2.24, 2.45) is 0 Å². The predicted molar refractivity (Wildman–Crippen MR) is 62.7 cm³/mol. The van der Waals surface area contributed by atoms with E-state index in [9.17, 15) is 4.39 Å². The summed E-state index contributed by atoms with van der Waals surface area (Å²) in [5, 5.41) is 4.33. The summed E-state index contributed by atoms with van der Waals surface area (Å²) in [6.07, 6.45) is 1.65. The van der Waals surface area contributed by atoms with Gasteiger partial charge in [-0.3, -0.25) is 4.68 Å². The molecule has 0 fully saturated rings. The van der Waals surface area contributed by atoms with E-state index in [4.69, 9.17) is 17.3 Å². The molecule has 2 rings (SSSR count). The topological polar surface area (TPSA) is 43.8 Å². The van der Waals surface area contributed by atoms with Crippen LogP contribution in [0.25, 0.3) is 11.3 Å². The Bertz CT molecular complexity index is 522. The number of aromatic nitrogens is 2. The molecule has 0 unspecified atom stereocenters. The minimum atomic E-state index is -0.405. The van der Waals surface area contributed by atoms with Gasteiger partial charge in [0.2, 0.25) is 0 Å². The third-order valence-electron chi connectivity index (χ3n) is 2.39. The lowest BCUT2D eigenvalue weighted by molar-refractivity contribution is 0.627. The van der Waals surface area contributed by atoms with Crippen molar-refractivity contribution >= 4 is 17.3 Å². The summed E-state index contributed by atoms with van der Waals surface area (Å²) in [5.41, 5.74) is 7.54. The lowest BCUT2D eigenvalue weighted by Gasteiger charge is -2.09. The molecule has 2 N–H and O–H groups in total. The van der Waals surface area contributed by atoms with Crippen LogP contribution >= 0.6 is 11.6 Å². The van der Waals surface area contributed by atoms with Gasteiger partial charge in [-0.1, -0.05) is 11.6 Å². The van der Waals surface area contributed by atoms with Crippen LogP contribution in [0.15, 0.2) is 24.4 Å². The van der Waals surface area contributed by atoms with Crippen molar-refractivity contribution in [3.05, 3.63) is 35.2 Å². The average Bonchev–Trinajstić information content (AvgIpc) is 2.71. The standard InChI is InChI=1S/C11H11ClFN3/c1-2-16-10(3-4-15-16)8-5-7(13)6-9(12)11(8)14/h3-6H,2,14H2,1H3. The maximum Gasteiger partial charge on any atom is 0.125 e. The Balaban J connectivity index is 2.64. The average molecular weight is 240 g/mol. The number of anilines is 1. The monoisotopic (exact) mass is 239 g/mol. The normalized spacial score (nSPS) is 10.7. The van der Waals surface area contributed by atoms with Gasteiger partial charge in [-0.05, 0) is 25.1 Å². The minimum absolute atomic E-state index is 0.221. The third-order valence-corrected chi connectivity index (χ3v) is 2.70. The van der Waals surface area contributed by atoms with Crippen LogP contribution in [0.4, 0.5) is 10.1 Å². The summed E-state index contributed by atoms with van der Waals surface area (Å²) < 4.78 is 15.0. The summed E-state index contributed by atoms with van der Waals surface area (Å²) in [6.45, 7) is 2.64. The zero-order valence-electron chi connectivity index (χ0n) is 8.74. The van der Waals surface area contributed by atoms with Gasteiger partial charge in [0.1, 0.15) is 5.82 Å². The van der Waals surface area contributed by atoms with Gasteiger partial charge in [0.15, 0.2) is 0 Å². The Kier molecular flexibility index (Phi) is 2.83. The predicted octanol–water partition coefficient (Wildman–Crippen LogP) is 2.94. The molecule has 0 saturated heterocycles. The Morgan fingerprint density at radius 1 is 1.50 bits per heavy atom. The first-order valence-electron chi connectivity index (χ1n) is 4.90. The van der Waals surface area contributed by atoms with Crippen LogP contribution in [0.5, 0.6) is 0 Å². The summed E-state index contributed by atoms with van der Waals surface area (Å²) in [6, 6.07) is 4.35. The first kappa shape index (κ1) is 11.0. The van der Waals surface area contributed by atoms with Gasteiger partial charge in [-0.2, -0.15) is 5.10 Å². The summed E-state index contributed by atoms with van der Waals surface area (Å²) in [5.74, 6) is -0.405. The molecule has 1 aromatic carbocycles. The highest BCUT2D eigenvalue weighted by molar-refractivity contribution is 6.33. The molecule has 5 heteroatoms. The second-order valence-corrected chi connectivity index (χ2v) is 3.79. The fraction of sp³-hybridized carbons (Fsp3) is 0.182. The molecule has 0 saturated carbocycles. The van der Waals surface area contributed by atoms with Crippen LogP contribution in [0.3, 0.4) is 0 Å². The van der Waals surface area contributed by atoms with E-state index in [1.54, 1.807) is 16.9 Å². The van der Waals surface area contributed by atoms with Crippen LogP contribution in [-0.2, 0) is 6.54 Å². The van der Waals surface area contributed by atoms with Crippen molar-refractivity contribution in [2.45, 2.75) is 13.5 Å². The second kappa shape index (κ2) is 4.14. The highest BCUT2D eigenvalue weighted by Crippen LogP contribution is 2.32. The summed E-state index contributed by atoms with van der Waals surface area (Å²) >= 11 is 5.84. The first-order chi connectivity index (χ1) is 7.63. The maximum absolute atomic E-state index is 13.3. The molecule has 0 bridgehead atoms. The Hall–Kier alpha value is -1.55. The lowest BCUT2D eigenvalue weighted by Crippen LogP contribution is -2.01. The Labute approximate surface area is 97.6 Å². The fourth-order valence-corrected chi connectivity index (χ4v) is 1.82. The molecule has 1 aromatic heterocycles. The van der Waals surface area contributed by atoms with E-state index < -0.39 is 5.82 Å².